The van der Waals surface area contributed by atoms with Crippen LogP contribution in [-0.4, -0.2) is 12.3 Å². The monoisotopic (exact) mass is 315 g/mol. The van der Waals surface area contributed by atoms with E-state index in [0.29, 0.717) is 5.56 Å². The maximum Gasteiger partial charge on any atom is 0.193 e. The second-order valence-corrected chi connectivity index (χ2v) is 5.82. The van der Waals surface area contributed by atoms with Crippen molar-refractivity contribution in [2.45, 2.75) is 13.8 Å². The van der Waals surface area contributed by atoms with Gasteiger partial charge in [0, 0.05) is 29.0 Å². The topological polar surface area (TPSA) is 20.3 Å². The van der Waals surface area contributed by atoms with Crippen LogP contribution in [0.1, 0.15) is 28.4 Å². The summed E-state index contributed by atoms with van der Waals surface area (Å²) >= 11 is 0. The summed E-state index contributed by atoms with van der Waals surface area (Å²) in [6.07, 6.45) is 0. The lowest BCUT2D eigenvalue weighted by Crippen LogP contribution is -2.15. The molecule has 0 amide bonds. The summed E-state index contributed by atoms with van der Waals surface area (Å²) in [5, 5.41) is 0. The quantitative estimate of drug-likeness (QED) is 0.589. The van der Waals surface area contributed by atoms with Crippen molar-refractivity contribution in [1.82, 2.24) is 0 Å². The van der Waals surface area contributed by atoms with Crippen LogP contribution in [0.3, 0.4) is 0 Å². The Morgan fingerprint density at radius 3 is 1.79 bits per heavy atom. The number of nitrogens with zero attached hydrogens (tertiary/aromatic N) is 1. The van der Waals surface area contributed by atoms with Crippen LogP contribution in [0.5, 0.6) is 0 Å². The molecule has 0 spiro atoms. The van der Waals surface area contributed by atoms with Gasteiger partial charge in [-0.15, -0.1) is 0 Å². The van der Waals surface area contributed by atoms with Crippen molar-refractivity contribution >= 4 is 17.2 Å². The van der Waals surface area contributed by atoms with E-state index in [1.165, 1.54) is 0 Å². The first-order chi connectivity index (χ1) is 11.7. The Labute approximate surface area is 143 Å². The minimum Gasteiger partial charge on any atom is -0.342 e. The Hall–Kier alpha value is -2.87. The summed E-state index contributed by atoms with van der Waals surface area (Å²) in [6, 6.07) is 25.8. The molecular weight excluding hydrogens is 294 g/mol. The van der Waals surface area contributed by atoms with E-state index in [0.717, 1.165) is 29.0 Å². The predicted octanol–water partition coefficient (Wildman–Crippen LogP) is 5.38. The van der Waals surface area contributed by atoms with Gasteiger partial charge in [-0.3, -0.25) is 4.79 Å². The summed E-state index contributed by atoms with van der Waals surface area (Å²) < 4.78 is 0. The summed E-state index contributed by atoms with van der Waals surface area (Å²) in [6.45, 7) is 5.01. The van der Waals surface area contributed by atoms with Gasteiger partial charge in [0.15, 0.2) is 5.78 Å². The van der Waals surface area contributed by atoms with Crippen molar-refractivity contribution in [1.29, 1.82) is 0 Å². The van der Waals surface area contributed by atoms with Crippen LogP contribution in [0.2, 0.25) is 0 Å². The zero-order valence-electron chi connectivity index (χ0n) is 14.1. The molecule has 0 radical (unpaired) electrons. The molecule has 2 heteroatoms. The van der Waals surface area contributed by atoms with Crippen molar-refractivity contribution in [3.63, 3.8) is 0 Å². The molecule has 3 aromatic carbocycles. The average Bonchev–Trinajstić information content (AvgIpc) is 2.64. The van der Waals surface area contributed by atoms with Crippen LogP contribution in [0, 0.1) is 6.92 Å². The third kappa shape index (κ3) is 3.38. The molecule has 0 aliphatic rings. The van der Waals surface area contributed by atoms with Gasteiger partial charge >= 0.3 is 0 Å². The molecule has 0 aromatic heterocycles. The van der Waals surface area contributed by atoms with Gasteiger partial charge in [-0.25, -0.2) is 0 Å². The SMILES string of the molecule is CCN(c1ccccc1)c1ccc(C(=O)c2ccc(C)cc2)cc1. The molecule has 0 saturated heterocycles. The molecule has 0 N–H and O–H groups in total. The molecule has 120 valence electrons. The number of carbonyl (C=O) groups is 1. The minimum absolute atomic E-state index is 0.0595. The molecule has 0 fully saturated rings. The summed E-state index contributed by atoms with van der Waals surface area (Å²) in [5.41, 5.74) is 4.83. The van der Waals surface area contributed by atoms with Gasteiger partial charge in [0.2, 0.25) is 0 Å². The fraction of sp³-hybridized carbons (Fsp3) is 0.136. The van der Waals surface area contributed by atoms with Crippen LogP contribution in [0.25, 0.3) is 0 Å². The van der Waals surface area contributed by atoms with E-state index in [1.807, 2.05) is 73.7 Å². The summed E-state index contributed by atoms with van der Waals surface area (Å²) in [5.74, 6) is 0.0595. The van der Waals surface area contributed by atoms with Gasteiger partial charge in [0.25, 0.3) is 0 Å². The van der Waals surface area contributed by atoms with E-state index >= 15 is 0 Å². The number of hydrogen-bond acceptors (Lipinski definition) is 2. The Morgan fingerprint density at radius 1 is 0.750 bits per heavy atom. The molecule has 0 aliphatic heterocycles. The van der Waals surface area contributed by atoms with Crippen LogP contribution in [0.4, 0.5) is 11.4 Å². The molecule has 0 atom stereocenters. The van der Waals surface area contributed by atoms with E-state index in [2.05, 4.69) is 24.0 Å². The van der Waals surface area contributed by atoms with Crippen molar-refractivity contribution < 1.29 is 4.79 Å². The lowest BCUT2D eigenvalue weighted by atomic mass is 10.0. The summed E-state index contributed by atoms with van der Waals surface area (Å²) in [7, 11) is 0. The maximum atomic E-state index is 12.6. The van der Waals surface area contributed by atoms with Gasteiger partial charge < -0.3 is 4.90 Å². The number of ketones is 1. The molecule has 0 saturated carbocycles. The smallest absolute Gasteiger partial charge is 0.193 e. The van der Waals surface area contributed by atoms with E-state index in [9.17, 15) is 4.79 Å². The molecule has 0 unspecified atom stereocenters. The number of rotatable bonds is 5. The van der Waals surface area contributed by atoms with E-state index in [-0.39, 0.29) is 5.78 Å². The third-order valence-electron chi connectivity index (χ3n) is 4.14. The van der Waals surface area contributed by atoms with E-state index in [1.54, 1.807) is 0 Å². The molecule has 24 heavy (non-hydrogen) atoms. The first kappa shape index (κ1) is 16.0. The number of carbonyl (C=O) groups excluding carboxylic acids is 1. The first-order valence-corrected chi connectivity index (χ1v) is 8.23. The number of aryl methyl sites for hydroxylation is 1. The second-order valence-electron chi connectivity index (χ2n) is 5.82. The Bertz CT molecular complexity index is 805. The van der Waals surface area contributed by atoms with Crippen molar-refractivity contribution in [2.75, 3.05) is 11.4 Å². The van der Waals surface area contributed by atoms with Crippen molar-refractivity contribution in [3.05, 3.63) is 95.6 Å². The van der Waals surface area contributed by atoms with Crippen LogP contribution >= 0.6 is 0 Å². The van der Waals surface area contributed by atoms with Crippen LogP contribution in [0.15, 0.2) is 78.9 Å². The molecular formula is C22H21NO. The highest BCUT2D eigenvalue weighted by Crippen LogP contribution is 2.25. The molecule has 3 aromatic rings. The normalized spacial score (nSPS) is 10.4. The average molecular weight is 315 g/mol. The van der Waals surface area contributed by atoms with Crippen LogP contribution in [-0.2, 0) is 0 Å². The predicted molar refractivity (Wildman–Crippen MR) is 100 cm³/mol. The van der Waals surface area contributed by atoms with E-state index in [4.69, 9.17) is 0 Å². The number of para-hydroxylation sites is 1. The van der Waals surface area contributed by atoms with Crippen LogP contribution < -0.4 is 4.90 Å². The Balaban J connectivity index is 1.84. The standard InChI is InChI=1S/C22H21NO/c1-3-23(20-7-5-4-6-8-20)21-15-13-19(14-16-21)22(24)18-11-9-17(2)10-12-18/h4-16H,3H2,1-2H3. The fourth-order valence-electron chi connectivity index (χ4n) is 2.79. The fourth-order valence-corrected chi connectivity index (χ4v) is 2.79. The number of hydrogen-bond donors (Lipinski definition) is 0. The first-order valence-electron chi connectivity index (χ1n) is 8.23. The third-order valence-corrected chi connectivity index (χ3v) is 4.14. The zero-order chi connectivity index (χ0) is 16.9. The molecule has 0 heterocycles. The van der Waals surface area contributed by atoms with E-state index < -0.39 is 0 Å². The summed E-state index contributed by atoms with van der Waals surface area (Å²) in [4.78, 5) is 14.8. The highest BCUT2D eigenvalue weighted by atomic mass is 16.1. The second kappa shape index (κ2) is 7.14. The molecule has 0 aliphatic carbocycles. The molecule has 0 bridgehead atoms. The van der Waals surface area contributed by atoms with Gasteiger partial charge in [0.05, 0.1) is 0 Å². The van der Waals surface area contributed by atoms with Crippen molar-refractivity contribution in [3.8, 4) is 0 Å². The highest BCUT2D eigenvalue weighted by molar-refractivity contribution is 6.09. The maximum absolute atomic E-state index is 12.6. The minimum atomic E-state index is 0.0595. The Morgan fingerprint density at radius 2 is 1.25 bits per heavy atom. The highest BCUT2D eigenvalue weighted by Gasteiger charge is 2.11. The lowest BCUT2D eigenvalue weighted by molar-refractivity contribution is 0.103. The zero-order valence-corrected chi connectivity index (χ0v) is 14.1. The van der Waals surface area contributed by atoms with Gasteiger partial charge in [0.1, 0.15) is 0 Å². The largest absolute Gasteiger partial charge is 0.342 e. The molecule has 2 nitrogen and oxygen atoms in total. The van der Waals surface area contributed by atoms with Crippen molar-refractivity contribution in [2.24, 2.45) is 0 Å². The van der Waals surface area contributed by atoms with Gasteiger partial charge in [-0.1, -0.05) is 48.0 Å². The lowest BCUT2D eigenvalue weighted by Gasteiger charge is -2.23. The Kier molecular flexibility index (Phi) is 4.76. The van der Waals surface area contributed by atoms with Gasteiger partial charge in [-0.05, 0) is 50.2 Å². The number of benzene rings is 3. The van der Waals surface area contributed by atoms with Gasteiger partial charge in [-0.2, -0.15) is 0 Å². The molecule has 3 rings (SSSR count). The number of anilines is 2.